The number of rotatable bonds is 14. The standard InChI is InChI=1S/C20H30O4.C6H8O6/c1-2-3-6-9-17(21)14-12-16-13-15-19(22)18(16)10-7-4-5-8-11-20(23)24;7-1-2(8)5-3(9)4(10)6(11)12-5/h4,7,12,14,17,21H,2-3,5-6,8-11,13,15H2,1H3,(H,23,24);2,5,7-10H,1H2/b7-4+,14-12+;/t;2-,5?/m.0/s1. The minimum absolute atomic E-state index is 0.176. The number of carboxylic acids is 1. The molecule has 0 saturated carbocycles. The molecule has 10 heteroatoms. The number of ketones is 1. The SMILES string of the molecule is CCCCCC(O)/C=C/C1=C(C/C=C/CCCC(=O)O)C(=O)CC1.O=C1OC([C@@H](O)CO)C(O)=C1O. The summed E-state index contributed by atoms with van der Waals surface area (Å²) in [5, 5.41) is 53.6. The zero-order chi connectivity index (χ0) is 27.1. The van der Waals surface area contributed by atoms with E-state index < -0.39 is 48.4 Å². The van der Waals surface area contributed by atoms with E-state index in [1.54, 1.807) is 6.08 Å². The second kappa shape index (κ2) is 16.7. The molecular weight excluding hydrogens is 472 g/mol. The van der Waals surface area contributed by atoms with Gasteiger partial charge in [-0.2, -0.15) is 0 Å². The van der Waals surface area contributed by atoms with E-state index in [1.165, 1.54) is 0 Å². The molecule has 0 aromatic heterocycles. The lowest BCUT2D eigenvalue weighted by Crippen LogP contribution is -2.31. The van der Waals surface area contributed by atoms with Crippen LogP contribution in [0.15, 0.2) is 47.0 Å². The number of hydrogen-bond acceptors (Lipinski definition) is 9. The van der Waals surface area contributed by atoms with Crippen molar-refractivity contribution in [2.45, 2.75) is 89.4 Å². The first kappa shape index (κ1) is 31.1. The molecule has 3 atom stereocenters. The number of ether oxygens (including phenoxy) is 1. The van der Waals surface area contributed by atoms with Crippen molar-refractivity contribution in [1.29, 1.82) is 0 Å². The molecule has 2 aliphatic rings. The lowest BCUT2D eigenvalue weighted by Gasteiger charge is -2.13. The van der Waals surface area contributed by atoms with Gasteiger partial charge in [0.05, 0.1) is 12.7 Å². The van der Waals surface area contributed by atoms with Crippen molar-refractivity contribution in [1.82, 2.24) is 0 Å². The van der Waals surface area contributed by atoms with Gasteiger partial charge in [0.15, 0.2) is 17.6 Å². The molecule has 0 amide bonds. The molecule has 0 spiro atoms. The van der Waals surface area contributed by atoms with Crippen LogP contribution in [0.3, 0.4) is 0 Å². The predicted molar refractivity (Wildman–Crippen MR) is 131 cm³/mol. The molecule has 202 valence electrons. The first-order chi connectivity index (χ1) is 17.1. The quantitative estimate of drug-likeness (QED) is 0.115. The summed E-state index contributed by atoms with van der Waals surface area (Å²) in [6.45, 7) is 1.47. The highest BCUT2D eigenvalue weighted by Crippen LogP contribution is 2.27. The molecule has 0 aromatic rings. The highest BCUT2D eigenvalue weighted by Gasteiger charge is 2.38. The molecule has 10 nitrogen and oxygen atoms in total. The number of esters is 1. The van der Waals surface area contributed by atoms with E-state index in [1.807, 2.05) is 18.2 Å². The maximum Gasteiger partial charge on any atom is 0.377 e. The first-order valence-electron chi connectivity index (χ1n) is 12.2. The van der Waals surface area contributed by atoms with Gasteiger partial charge in [-0.05, 0) is 37.7 Å². The predicted octanol–water partition coefficient (Wildman–Crippen LogP) is 2.94. The molecule has 1 aliphatic carbocycles. The van der Waals surface area contributed by atoms with Crippen LogP contribution in [-0.2, 0) is 19.1 Å². The van der Waals surface area contributed by atoms with Crippen LogP contribution in [-0.4, -0.2) is 73.3 Å². The smallest absolute Gasteiger partial charge is 0.377 e. The Morgan fingerprint density at radius 2 is 1.83 bits per heavy atom. The highest BCUT2D eigenvalue weighted by atomic mass is 16.6. The lowest BCUT2D eigenvalue weighted by atomic mass is 10.0. The van der Waals surface area contributed by atoms with Crippen molar-refractivity contribution in [3.8, 4) is 0 Å². The fraction of sp³-hybridized carbons (Fsp3) is 0.577. The first-order valence-corrected chi connectivity index (χ1v) is 12.2. The van der Waals surface area contributed by atoms with E-state index >= 15 is 0 Å². The number of aliphatic hydroxyl groups is 5. The van der Waals surface area contributed by atoms with Crippen molar-refractivity contribution < 1.29 is 49.8 Å². The van der Waals surface area contributed by atoms with Crippen molar-refractivity contribution >= 4 is 17.7 Å². The Morgan fingerprint density at radius 3 is 2.42 bits per heavy atom. The number of allylic oxidation sites excluding steroid dienone is 5. The Morgan fingerprint density at radius 1 is 1.11 bits per heavy atom. The molecule has 36 heavy (non-hydrogen) atoms. The number of hydrogen-bond donors (Lipinski definition) is 6. The van der Waals surface area contributed by atoms with Crippen LogP contribution in [0.5, 0.6) is 0 Å². The number of unbranched alkanes of at least 4 members (excludes halogenated alkanes) is 3. The summed E-state index contributed by atoms with van der Waals surface area (Å²) in [6.07, 6.45) is 11.9. The topological polar surface area (TPSA) is 182 Å². The number of carbonyl (C=O) groups is 3. The molecule has 1 heterocycles. The van der Waals surface area contributed by atoms with Gasteiger partial charge >= 0.3 is 11.9 Å². The third-order valence-electron chi connectivity index (χ3n) is 5.69. The number of carbonyl (C=O) groups excluding carboxylic acids is 2. The van der Waals surface area contributed by atoms with Gasteiger partial charge < -0.3 is 35.4 Å². The number of cyclic esters (lactones) is 1. The second-order valence-electron chi connectivity index (χ2n) is 8.62. The third kappa shape index (κ3) is 10.8. The largest absolute Gasteiger partial charge is 0.505 e. The van der Waals surface area contributed by atoms with Crippen LogP contribution >= 0.6 is 0 Å². The average molecular weight is 511 g/mol. The molecule has 0 saturated heterocycles. The number of aliphatic carboxylic acids is 1. The van der Waals surface area contributed by atoms with E-state index in [4.69, 9.17) is 25.5 Å². The number of aliphatic hydroxyl groups excluding tert-OH is 5. The normalized spacial score (nSPS) is 19.7. The van der Waals surface area contributed by atoms with E-state index in [2.05, 4.69) is 11.7 Å². The molecule has 0 fully saturated rings. The molecule has 2 unspecified atom stereocenters. The third-order valence-corrected chi connectivity index (χ3v) is 5.69. The fourth-order valence-corrected chi connectivity index (χ4v) is 3.60. The van der Waals surface area contributed by atoms with Gasteiger partial charge in [0.25, 0.3) is 0 Å². The Balaban J connectivity index is 0.000000450. The second-order valence-corrected chi connectivity index (χ2v) is 8.62. The molecule has 1 aliphatic heterocycles. The summed E-state index contributed by atoms with van der Waals surface area (Å²) >= 11 is 0. The number of carboxylic acid groups (broad SMARTS) is 1. The zero-order valence-corrected chi connectivity index (χ0v) is 20.6. The van der Waals surface area contributed by atoms with Gasteiger partial charge in [-0.1, -0.05) is 50.5 Å². The fourth-order valence-electron chi connectivity index (χ4n) is 3.60. The molecule has 0 radical (unpaired) electrons. The molecular formula is C26H38O10. The van der Waals surface area contributed by atoms with Crippen molar-refractivity contribution in [2.24, 2.45) is 0 Å². The molecule has 0 aromatic carbocycles. The van der Waals surface area contributed by atoms with E-state index in [9.17, 15) is 19.5 Å². The summed E-state index contributed by atoms with van der Waals surface area (Å²) in [7, 11) is 0. The minimum Gasteiger partial charge on any atom is -0.505 e. The number of Topliss-reactive ketones (excluding diaryl/α,β-unsaturated/α-hetero) is 1. The average Bonchev–Trinajstić information content (AvgIpc) is 3.33. The van der Waals surface area contributed by atoms with Gasteiger partial charge in [-0.25, -0.2) is 4.79 Å². The zero-order valence-electron chi connectivity index (χ0n) is 20.6. The van der Waals surface area contributed by atoms with Gasteiger partial charge in [-0.3, -0.25) is 9.59 Å². The Labute approximate surface area is 210 Å². The molecule has 2 rings (SSSR count). The van der Waals surface area contributed by atoms with Crippen LogP contribution in [0.25, 0.3) is 0 Å². The highest BCUT2D eigenvalue weighted by molar-refractivity contribution is 5.99. The van der Waals surface area contributed by atoms with Crippen LogP contribution in [0.1, 0.15) is 71.1 Å². The maximum atomic E-state index is 12.0. The molecule has 6 N–H and O–H groups in total. The van der Waals surface area contributed by atoms with Crippen molar-refractivity contribution in [2.75, 3.05) is 6.61 Å². The summed E-state index contributed by atoms with van der Waals surface area (Å²) in [5.74, 6) is -3.37. The summed E-state index contributed by atoms with van der Waals surface area (Å²) in [4.78, 5) is 32.9. The van der Waals surface area contributed by atoms with Crippen LogP contribution in [0.4, 0.5) is 0 Å². The Bertz CT molecular complexity index is 868. The molecule has 0 bridgehead atoms. The summed E-state index contributed by atoms with van der Waals surface area (Å²) in [5.41, 5.74) is 1.87. The van der Waals surface area contributed by atoms with Crippen LogP contribution in [0.2, 0.25) is 0 Å². The van der Waals surface area contributed by atoms with Crippen LogP contribution < -0.4 is 0 Å². The van der Waals surface area contributed by atoms with Gasteiger partial charge in [0.1, 0.15) is 6.10 Å². The maximum absolute atomic E-state index is 12.0. The van der Waals surface area contributed by atoms with E-state index in [0.717, 1.165) is 49.7 Å². The van der Waals surface area contributed by atoms with Crippen LogP contribution in [0, 0.1) is 0 Å². The minimum atomic E-state index is -1.42. The monoisotopic (exact) mass is 510 g/mol. The Hall–Kier alpha value is -2.95. The Kier molecular flexibility index (Phi) is 14.4. The van der Waals surface area contributed by atoms with Crippen molar-refractivity contribution in [3.63, 3.8) is 0 Å². The van der Waals surface area contributed by atoms with Gasteiger partial charge in [0, 0.05) is 18.4 Å². The van der Waals surface area contributed by atoms with Gasteiger partial charge in [-0.15, -0.1) is 0 Å². The van der Waals surface area contributed by atoms with E-state index in [-0.39, 0.29) is 12.2 Å². The lowest BCUT2D eigenvalue weighted by molar-refractivity contribution is -0.147. The summed E-state index contributed by atoms with van der Waals surface area (Å²) in [6, 6.07) is 0. The summed E-state index contributed by atoms with van der Waals surface area (Å²) < 4.78 is 4.32. The van der Waals surface area contributed by atoms with Crippen molar-refractivity contribution in [3.05, 3.63) is 47.0 Å². The van der Waals surface area contributed by atoms with E-state index in [0.29, 0.717) is 19.3 Å². The van der Waals surface area contributed by atoms with Gasteiger partial charge in [0.2, 0.25) is 5.76 Å².